The summed E-state index contributed by atoms with van der Waals surface area (Å²) in [5.41, 5.74) is 6.55. The Balaban J connectivity index is 2.05. The summed E-state index contributed by atoms with van der Waals surface area (Å²) >= 11 is 1.46. The summed E-state index contributed by atoms with van der Waals surface area (Å²) in [6.45, 7) is 2.05. The molecule has 10 heteroatoms. The molecule has 1 aliphatic rings. The number of thioether (sulfide) groups is 1. The van der Waals surface area contributed by atoms with E-state index in [0.717, 1.165) is 12.2 Å². The Morgan fingerprint density at radius 2 is 2.05 bits per heavy atom. The average Bonchev–Trinajstić information content (AvgIpc) is 2.99. The number of hydrogen-bond acceptors (Lipinski definition) is 9. The number of nitrogen functional groups attached to an aromatic ring is 1. The molecule has 0 aliphatic heterocycles. The maximum Gasteiger partial charge on any atom is 0.191 e. The number of aromatic nitrogens is 5. The van der Waals surface area contributed by atoms with Gasteiger partial charge in [-0.1, -0.05) is 23.9 Å². The zero-order valence-electron chi connectivity index (χ0n) is 12.0. The van der Waals surface area contributed by atoms with Gasteiger partial charge in [-0.15, -0.1) is 5.10 Å². The number of fused-ring (bicyclic) bond motifs is 1. The van der Waals surface area contributed by atoms with Crippen LogP contribution in [0.5, 0.6) is 0 Å². The quantitative estimate of drug-likeness (QED) is 0.425. The first kappa shape index (κ1) is 15.4. The Labute approximate surface area is 130 Å². The molecule has 0 bridgehead atoms. The molecular weight excluding hydrogens is 308 g/mol. The fraction of sp³-hybridized carbons (Fsp3) is 0.667. The summed E-state index contributed by atoms with van der Waals surface area (Å²) in [4.78, 5) is 8.55. The van der Waals surface area contributed by atoms with E-state index in [1.807, 2.05) is 6.92 Å². The number of aliphatic hydroxyl groups is 3. The molecule has 0 radical (unpaired) electrons. The Hall–Kier alpha value is -1.49. The summed E-state index contributed by atoms with van der Waals surface area (Å²) in [5.74, 6) is 1.05. The molecule has 1 fully saturated rings. The maximum absolute atomic E-state index is 10.1. The summed E-state index contributed by atoms with van der Waals surface area (Å²) in [6, 6.07) is -0.807. The van der Waals surface area contributed by atoms with Crippen LogP contribution in [-0.4, -0.2) is 64.3 Å². The van der Waals surface area contributed by atoms with Crippen molar-refractivity contribution in [2.45, 2.75) is 49.3 Å². The summed E-state index contributed by atoms with van der Waals surface area (Å²) < 4.78 is 1.33. The largest absolute Gasteiger partial charge is 0.391 e. The molecule has 0 saturated heterocycles. The van der Waals surface area contributed by atoms with Crippen LogP contribution in [0.4, 0.5) is 5.82 Å². The number of nitrogens with two attached hydrogens (primary N) is 1. The number of rotatable bonds is 4. The van der Waals surface area contributed by atoms with Gasteiger partial charge in [-0.2, -0.15) is 0 Å². The first-order valence-electron chi connectivity index (χ1n) is 7.08. The topological polar surface area (TPSA) is 143 Å². The average molecular weight is 326 g/mol. The zero-order chi connectivity index (χ0) is 15.9. The molecule has 5 N–H and O–H groups in total. The fourth-order valence-electron chi connectivity index (χ4n) is 2.58. The molecule has 2 heterocycles. The van der Waals surface area contributed by atoms with Crippen LogP contribution >= 0.6 is 11.8 Å². The van der Waals surface area contributed by atoms with Gasteiger partial charge in [0.15, 0.2) is 22.1 Å². The van der Waals surface area contributed by atoms with Crippen molar-refractivity contribution in [1.29, 1.82) is 0 Å². The summed E-state index contributed by atoms with van der Waals surface area (Å²) in [6.07, 6.45) is -2.03. The number of hydrogen-bond donors (Lipinski definition) is 4. The van der Waals surface area contributed by atoms with Crippen molar-refractivity contribution in [3.63, 3.8) is 0 Å². The predicted molar refractivity (Wildman–Crippen MR) is 80.2 cm³/mol. The second kappa shape index (κ2) is 5.95. The fourth-order valence-corrected chi connectivity index (χ4v) is 3.28. The van der Waals surface area contributed by atoms with Crippen molar-refractivity contribution < 1.29 is 15.3 Å². The SMILES string of the molecule is CCCSc1nc(N)c2nnn([C@H]3C(O)C[C@@H](O)[C@H]3O)c2n1. The normalized spacial score (nSPS) is 28.5. The van der Waals surface area contributed by atoms with Crippen molar-refractivity contribution in [3.05, 3.63) is 0 Å². The van der Waals surface area contributed by atoms with Crippen LogP contribution in [0.15, 0.2) is 5.16 Å². The minimum absolute atomic E-state index is 0.0746. The lowest BCUT2D eigenvalue weighted by Gasteiger charge is -2.18. The highest BCUT2D eigenvalue weighted by Crippen LogP contribution is 2.33. The Kier molecular flexibility index (Phi) is 4.17. The van der Waals surface area contributed by atoms with Gasteiger partial charge in [-0.05, 0) is 6.42 Å². The molecule has 0 amide bonds. The lowest BCUT2D eigenvalue weighted by Crippen LogP contribution is -2.31. The van der Waals surface area contributed by atoms with E-state index >= 15 is 0 Å². The van der Waals surface area contributed by atoms with Gasteiger partial charge in [-0.3, -0.25) is 0 Å². The molecule has 0 spiro atoms. The third kappa shape index (κ3) is 2.51. The van der Waals surface area contributed by atoms with E-state index in [-0.39, 0.29) is 12.2 Å². The van der Waals surface area contributed by atoms with Crippen LogP contribution in [-0.2, 0) is 0 Å². The number of aliphatic hydroxyl groups excluding tert-OH is 3. The van der Waals surface area contributed by atoms with E-state index in [4.69, 9.17) is 5.73 Å². The van der Waals surface area contributed by atoms with Crippen molar-refractivity contribution in [1.82, 2.24) is 25.0 Å². The van der Waals surface area contributed by atoms with Gasteiger partial charge in [0.05, 0.1) is 12.2 Å². The molecule has 1 saturated carbocycles. The van der Waals surface area contributed by atoms with Gasteiger partial charge in [0, 0.05) is 12.2 Å². The van der Waals surface area contributed by atoms with Crippen molar-refractivity contribution in [3.8, 4) is 0 Å². The van der Waals surface area contributed by atoms with Crippen LogP contribution in [0, 0.1) is 0 Å². The monoisotopic (exact) mass is 326 g/mol. The molecule has 1 unspecified atom stereocenters. The Bertz CT molecular complexity index is 680. The molecular formula is C12H18N6O3S. The third-order valence-corrected chi connectivity index (χ3v) is 4.72. The lowest BCUT2D eigenvalue weighted by atomic mass is 10.2. The highest BCUT2D eigenvalue weighted by atomic mass is 32.2. The summed E-state index contributed by atoms with van der Waals surface area (Å²) in [5, 5.41) is 38.2. The first-order valence-corrected chi connectivity index (χ1v) is 8.07. The van der Waals surface area contributed by atoms with Gasteiger partial charge in [-0.25, -0.2) is 14.6 Å². The van der Waals surface area contributed by atoms with Gasteiger partial charge in [0.1, 0.15) is 12.1 Å². The van der Waals surface area contributed by atoms with Crippen LogP contribution in [0.2, 0.25) is 0 Å². The second-order valence-corrected chi connectivity index (χ2v) is 6.36. The predicted octanol–water partition coefficient (Wildman–Crippen LogP) is -0.667. The van der Waals surface area contributed by atoms with Gasteiger partial charge >= 0.3 is 0 Å². The van der Waals surface area contributed by atoms with E-state index in [9.17, 15) is 15.3 Å². The number of nitrogens with zero attached hydrogens (tertiary/aromatic N) is 5. The van der Waals surface area contributed by atoms with Gasteiger partial charge < -0.3 is 21.1 Å². The van der Waals surface area contributed by atoms with Crippen LogP contribution in [0.25, 0.3) is 11.2 Å². The van der Waals surface area contributed by atoms with Crippen LogP contribution < -0.4 is 5.73 Å². The second-order valence-electron chi connectivity index (χ2n) is 5.30. The smallest absolute Gasteiger partial charge is 0.191 e. The lowest BCUT2D eigenvalue weighted by molar-refractivity contribution is 0.0156. The van der Waals surface area contributed by atoms with Crippen LogP contribution in [0.1, 0.15) is 25.8 Å². The molecule has 2 aromatic rings. The molecule has 2 aromatic heterocycles. The van der Waals surface area contributed by atoms with Crippen LogP contribution in [0.3, 0.4) is 0 Å². The molecule has 4 atom stereocenters. The van der Waals surface area contributed by atoms with Crippen molar-refractivity contribution in [2.24, 2.45) is 0 Å². The molecule has 9 nitrogen and oxygen atoms in total. The Morgan fingerprint density at radius 1 is 1.27 bits per heavy atom. The molecule has 22 heavy (non-hydrogen) atoms. The highest BCUT2D eigenvalue weighted by molar-refractivity contribution is 7.99. The van der Waals surface area contributed by atoms with E-state index in [0.29, 0.717) is 16.3 Å². The summed E-state index contributed by atoms with van der Waals surface area (Å²) in [7, 11) is 0. The highest BCUT2D eigenvalue weighted by Gasteiger charge is 2.43. The maximum atomic E-state index is 10.1. The molecule has 120 valence electrons. The standard InChI is InChI=1S/C12H18N6O3S/c1-2-3-22-12-14-10(13)7-11(15-12)18(17-16-7)8-5(19)4-6(20)9(8)21/h5-6,8-9,19-21H,2-4H2,1H3,(H2,13,14,15)/t5?,6-,8+,9-/m1/s1. The Morgan fingerprint density at radius 3 is 2.68 bits per heavy atom. The zero-order valence-corrected chi connectivity index (χ0v) is 12.8. The first-order chi connectivity index (χ1) is 10.5. The van der Waals surface area contributed by atoms with E-state index in [2.05, 4.69) is 20.3 Å². The van der Waals surface area contributed by atoms with E-state index in [1.165, 1.54) is 16.4 Å². The van der Waals surface area contributed by atoms with Crippen molar-refractivity contribution in [2.75, 3.05) is 11.5 Å². The van der Waals surface area contributed by atoms with E-state index in [1.54, 1.807) is 0 Å². The van der Waals surface area contributed by atoms with Gasteiger partial charge in [0.2, 0.25) is 0 Å². The minimum atomic E-state index is -1.14. The molecule has 3 rings (SSSR count). The van der Waals surface area contributed by atoms with Crippen molar-refractivity contribution >= 4 is 28.7 Å². The minimum Gasteiger partial charge on any atom is -0.391 e. The molecule has 1 aliphatic carbocycles. The molecule has 0 aromatic carbocycles. The third-order valence-electron chi connectivity index (χ3n) is 3.67. The van der Waals surface area contributed by atoms with Gasteiger partial charge in [0.25, 0.3) is 0 Å². The van der Waals surface area contributed by atoms with E-state index < -0.39 is 24.4 Å². The number of anilines is 1.